The van der Waals surface area contributed by atoms with E-state index in [-0.39, 0.29) is 11.2 Å². The number of ketones is 1. The van der Waals surface area contributed by atoms with E-state index in [0.29, 0.717) is 6.42 Å². The SMILES string of the molecule is C=CC(=O)Cc1ccc(C2(c3ccc(N(c4ccc(C)cc4)c4ccc(C)cc4)cc3)CCCCC2)cc1. The molecule has 0 aromatic heterocycles. The van der Waals surface area contributed by atoms with Crippen LogP contribution in [0.4, 0.5) is 17.1 Å². The molecule has 1 fully saturated rings. The summed E-state index contributed by atoms with van der Waals surface area (Å²) >= 11 is 0. The summed E-state index contributed by atoms with van der Waals surface area (Å²) in [6, 6.07) is 35.5. The lowest BCUT2D eigenvalue weighted by atomic mass is 9.65. The molecule has 0 atom stereocenters. The van der Waals surface area contributed by atoms with E-state index in [1.807, 2.05) is 0 Å². The molecule has 2 heteroatoms. The highest BCUT2D eigenvalue weighted by molar-refractivity contribution is 5.90. The van der Waals surface area contributed by atoms with Gasteiger partial charge in [-0.3, -0.25) is 4.79 Å². The summed E-state index contributed by atoms with van der Waals surface area (Å²) in [6.07, 6.45) is 7.89. The van der Waals surface area contributed by atoms with E-state index in [0.717, 1.165) is 35.5 Å². The molecule has 5 rings (SSSR count). The summed E-state index contributed by atoms with van der Waals surface area (Å²) in [5.41, 5.74) is 9.78. The van der Waals surface area contributed by atoms with Crippen LogP contribution < -0.4 is 4.90 Å². The van der Waals surface area contributed by atoms with Crippen molar-refractivity contribution in [2.75, 3.05) is 4.90 Å². The van der Waals surface area contributed by atoms with Crippen LogP contribution in [0.3, 0.4) is 0 Å². The number of carbonyl (C=O) groups is 1. The summed E-state index contributed by atoms with van der Waals surface area (Å²) in [6.45, 7) is 7.87. The van der Waals surface area contributed by atoms with Gasteiger partial charge in [0.1, 0.15) is 0 Å². The zero-order valence-electron chi connectivity index (χ0n) is 22.6. The Hall–Kier alpha value is -3.91. The van der Waals surface area contributed by atoms with E-state index in [1.54, 1.807) is 0 Å². The van der Waals surface area contributed by atoms with E-state index in [2.05, 4.69) is 122 Å². The maximum absolute atomic E-state index is 11.9. The van der Waals surface area contributed by atoms with Gasteiger partial charge in [0, 0.05) is 28.9 Å². The molecule has 0 bridgehead atoms. The molecule has 0 saturated heterocycles. The molecule has 4 aromatic carbocycles. The van der Waals surface area contributed by atoms with Gasteiger partial charge >= 0.3 is 0 Å². The fraction of sp³-hybridized carbons (Fsp3) is 0.250. The standard InChI is InChI=1S/C36H37NO/c1-4-35(38)26-29-12-14-30(15-13-29)36(24-6-5-7-25-36)31-16-22-34(23-17-31)37(32-18-8-27(2)9-19-32)33-20-10-28(3)11-21-33/h4,8-23H,1,5-7,24-26H2,2-3H3. The van der Waals surface area contributed by atoms with Gasteiger partial charge in [0.2, 0.25) is 0 Å². The molecule has 0 heterocycles. The second-order valence-corrected chi connectivity index (χ2v) is 10.7. The fourth-order valence-electron chi connectivity index (χ4n) is 5.88. The van der Waals surface area contributed by atoms with Gasteiger partial charge in [-0.2, -0.15) is 0 Å². The highest BCUT2D eigenvalue weighted by atomic mass is 16.1. The molecule has 192 valence electrons. The van der Waals surface area contributed by atoms with Crippen LogP contribution in [-0.4, -0.2) is 5.78 Å². The third kappa shape index (κ3) is 5.36. The van der Waals surface area contributed by atoms with Crippen molar-refractivity contribution in [1.82, 2.24) is 0 Å². The first kappa shape index (κ1) is 25.7. The van der Waals surface area contributed by atoms with Crippen molar-refractivity contribution in [2.45, 2.75) is 57.8 Å². The number of aryl methyl sites for hydroxylation is 2. The van der Waals surface area contributed by atoms with Crippen LogP contribution in [0.1, 0.15) is 59.9 Å². The third-order valence-electron chi connectivity index (χ3n) is 8.08. The van der Waals surface area contributed by atoms with Crippen LogP contribution in [0, 0.1) is 13.8 Å². The minimum atomic E-state index is 0.0102. The fourth-order valence-corrected chi connectivity index (χ4v) is 5.88. The maximum Gasteiger partial charge on any atom is 0.159 e. The largest absolute Gasteiger partial charge is 0.311 e. The lowest BCUT2D eigenvalue weighted by Crippen LogP contribution is -2.30. The lowest BCUT2D eigenvalue weighted by molar-refractivity contribution is -0.114. The Labute approximate surface area is 227 Å². The summed E-state index contributed by atoms with van der Waals surface area (Å²) in [7, 11) is 0. The number of nitrogens with zero attached hydrogens (tertiary/aromatic N) is 1. The second kappa shape index (κ2) is 11.2. The minimum Gasteiger partial charge on any atom is -0.311 e. The smallest absolute Gasteiger partial charge is 0.159 e. The van der Waals surface area contributed by atoms with Crippen LogP contribution in [0.25, 0.3) is 0 Å². The van der Waals surface area contributed by atoms with Crippen LogP contribution >= 0.6 is 0 Å². The summed E-state index contributed by atoms with van der Waals surface area (Å²) < 4.78 is 0. The number of hydrogen-bond donors (Lipinski definition) is 0. The summed E-state index contributed by atoms with van der Waals surface area (Å²) in [5, 5.41) is 0. The van der Waals surface area contributed by atoms with Gasteiger partial charge in [0.15, 0.2) is 5.78 Å². The van der Waals surface area contributed by atoms with Crippen molar-refractivity contribution in [2.24, 2.45) is 0 Å². The molecule has 0 N–H and O–H groups in total. The zero-order valence-corrected chi connectivity index (χ0v) is 22.6. The third-order valence-corrected chi connectivity index (χ3v) is 8.08. The van der Waals surface area contributed by atoms with E-state index >= 15 is 0 Å². The Morgan fingerprint density at radius 3 is 1.55 bits per heavy atom. The Morgan fingerprint density at radius 1 is 0.684 bits per heavy atom. The van der Waals surface area contributed by atoms with Gasteiger partial charge in [-0.1, -0.05) is 97.6 Å². The first-order valence-corrected chi connectivity index (χ1v) is 13.8. The molecule has 0 radical (unpaired) electrons. The van der Waals surface area contributed by atoms with Gasteiger partial charge in [-0.05, 0) is 85.9 Å². The van der Waals surface area contributed by atoms with Gasteiger partial charge in [0.25, 0.3) is 0 Å². The van der Waals surface area contributed by atoms with Crippen molar-refractivity contribution in [1.29, 1.82) is 0 Å². The number of benzene rings is 4. The molecule has 0 amide bonds. The highest BCUT2D eigenvalue weighted by Crippen LogP contribution is 2.46. The number of allylic oxidation sites excluding steroid dienone is 1. The van der Waals surface area contributed by atoms with Gasteiger partial charge < -0.3 is 4.90 Å². The topological polar surface area (TPSA) is 20.3 Å². The molecule has 1 saturated carbocycles. The quantitative estimate of drug-likeness (QED) is 0.225. The van der Waals surface area contributed by atoms with Gasteiger partial charge in [-0.25, -0.2) is 0 Å². The molecular formula is C36H37NO. The normalized spacial score (nSPS) is 14.6. The zero-order chi connectivity index (χ0) is 26.5. The molecule has 0 unspecified atom stereocenters. The number of hydrogen-bond acceptors (Lipinski definition) is 2. The maximum atomic E-state index is 11.9. The predicted molar refractivity (Wildman–Crippen MR) is 160 cm³/mol. The molecular weight excluding hydrogens is 462 g/mol. The summed E-state index contributed by atoms with van der Waals surface area (Å²) in [5.74, 6) is 0.0624. The van der Waals surface area contributed by atoms with Crippen molar-refractivity contribution in [3.8, 4) is 0 Å². The molecule has 1 aliphatic carbocycles. The second-order valence-electron chi connectivity index (χ2n) is 10.7. The first-order chi connectivity index (χ1) is 18.5. The lowest BCUT2D eigenvalue weighted by Gasteiger charge is -2.39. The molecule has 0 aliphatic heterocycles. The summed E-state index contributed by atoms with van der Waals surface area (Å²) in [4.78, 5) is 14.2. The average Bonchev–Trinajstić information content (AvgIpc) is 2.96. The number of carbonyl (C=O) groups excluding carboxylic acids is 1. The van der Waals surface area contributed by atoms with Crippen LogP contribution in [0.15, 0.2) is 110 Å². The van der Waals surface area contributed by atoms with Crippen LogP contribution in [-0.2, 0) is 16.6 Å². The van der Waals surface area contributed by atoms with Gasteiger partial charge in [0.05, 0.1) is 0 Å². The Balaban J connectivity index is 1.51. The first-order valence-electron chi connectivity index (χ1n) is 13.8. The van der Waals surface area contributed by atoms with E-state index < -0.39 is 0 Å². The molecule has 0 spiro atoms. The molecule has 1 aliphatic rings. The predicted octanol–water partition coefficient (Wildman–Crippen LogP) is 9.32. The van der Waals surface area contributed by atoms with Crippen molar-refractivity contribution in [3.63, 3.8) is 0 Å². The average molecular weight is 500 g/mol. The number of rotatable bonds is 8. The molecule has 4 aromatic rings. The molecule has 2 nitrogen and oxygen atoms in total. The van der Waals surface area contributed by atoms with Crippen LogP contribution in [0.5, 0.6) is 0 Å². The van der Waals surface area contributed by atoms with Gasteiger partial charge in [-0.15, -0.1) is 0 Å². The van der Waals surface area contributed by atoms with E-state index in [1.165, 1.54) is 47.6 Å². The minimum absolute atomic E-state index is 0.0102. The van der Waals surface area contributed by atoms with Crippen molar-refractivity contribution in [3.05, 3.63) is 138 Å². The van der Waals surface area contributed by atoms with Crippen molar-refractivity contribution < 1.29 is 4.79 Å². The number of anilines is 3. The monoisotopic (exact) mass is 499 g/mol. The van der Waals surface area contributed by atoms with Crippen LogP contribution in [0.2, 0.25) is 0 Å². The Morgan fingerprint density at radius 2 is 1.11 bits per heavy atom. The highest BCUT2D eigenvalue weighted by Gasteiger charge is 2.35. The van der Waals surface area contributed by atoms with Crippen molar-refractivity contribution >= 4 is 22.8 Å². The molecule has 38 heavy (non-hydrogen) atoms. The Bertz CT molecular complexity index is 1330. The van der Waals surface area contributed by atoms with E-state index in [9.17, 15) is 4.79 Å². The van der Waals surface area contributed by atoms with E-state index in [4.69, 9.17) is 0 Å². The Kier molecular flexibility index (Phi) is 7.60.